The Morgan fingerprint density at radius 1 is 1.16 bits per heavy atom. The molecular formula is C12H16N4O3. The van der Waals surface area contributed by atoms with Gasteiger partial charge in [0.2, 0.25) is 5.91 Å². The maximum atomic E-state index is 11.3. The quantitative estimate of drug-likeness (QED) is 0.823. The first kappa shape index (κ1) is 13.3. The smallest absolute Gasteiger partial charge is 0.356 e. The van der Waals surface area contributed by atoms with Crippen LogP contribution in [-0.4, -0.2) is 58.0 Å². The van der Waals surface area contributed by atoms with Crippen LogP contribution >= 0.6 is 0 Å². The van der Waals surface area contributed by atoms with E-state index < -0.39 is 5.97 Å². The van der Waals surface area contributed by atoms with Gasteiger partial charge >= 0.3 is 5.97 Å². The maximum absolute atomic E-state index is 11.3. The molecule has 1 N–H and O–H groups in total. The molecule has 1 amide bonds. The Morgan fingerprint density at radius 3 is 2.53 bits per heavy atom. The molecule has 0 spiro atoms. The lowest BCUT2D eigenvalue weighted by Crippen LogP contribution is -2.33. The van der Waals surface area contributed by atoms with E-state index in [1.165, 1.54) is 12.4 Å². The lowest BCUT2D eigenvalue weighted by molar-refractivity contribution is -0.128. The highest BCUT2D eigenvalue weighted by molar-refractivity contribution is 5.84. The number of aromatic carboxylic acids is 1. The molecule has 1 fully saturated rings. The molecule has 19 heavy (non-hydrogen) atoms. The van der Waals surface area contributed by atoms with Crippen molar-refractivity contribution in [1.29, 1.82) is 0 Å². The molecule has 2 rings (SSSR count). The molecule has 0 saturated carbocycles. The third kappa shape index (κ3) is 3.18. The van der Waals surface area contributed by atoms with E-state index >= 15 is 0 Å². The topological polar surface area (TPSA) is 86.6 Å². The molecule has 102 valence electrons. The summed E-state index contributed by atoms with van der Waals surface area (Å²) in [6.07, 6.45) is 3.58. The van der Waals surface area contributed by atoms with Gasteiger partial charge in [0.05, 0.1) is 12.4 Å². The summed E-state index contributed by atoms with van der Waals surface area (Å²) < 4.78 is 0. The van der Waals surface area contributed by atoms with Crippen LogP contribution in [0.15, 0.2) is 12.4 Å². The third-order valence-corrected chi connectivity index (χ3v) is 3.12. The number of aromatic nitrogens is 2. The minimum atomic E-state index is -1.09. The second kappa shape index (κ2) is 5.64. The second-order valence-electron chi connectivity index (χ2n) is 4.41. The largest absolute Gasteiger partial charge is 0.476 e. The van der Waals surface area contributed by atoms with Crippen molar-refractivity contribution >= 4 is 17.7 Å². The first-order chi connectivity index (χ1) is 9.08. The predicted octanol–water partition coefficient (Wildman–Crippen LogP) is 0.233. The van der Waals surface area contributed by atoms with Gasteiger partial charge in [-0.1, -0.05) is 0 Å². The Bertz CT molecular complexity index is 474. The van der Waals surface area contributed by atoms with Gasteiger partial charge in [-0.2, -0.15) is 0 Å². The Morgan fingerprint density at radius 2 is 1.95 bits per heavy atom. The molecule has 7 nitrogen and oxygen atoms in total. The number of rotatable bonds is 2. The number of amides is 1. The van der Waals surface area contributed by atoms with Gasteiger partial charge in [-0.05, 0) is 6.42 Å². The summed E-state index contributed by atoms with van der Waals surface area (Å²) in [6, 6.07) is 0. The standard InChI is InChI=1S/C12H16N4O3/c1-9(17)15-3-2-4-16(6-5-15)11-8-13-10(7-14-11)12(18)19/h7-8H,2-6H2,1H3,(H,18,19). The van der Waals surface area contributed by atoms with Crippen LogP contribution in [0.25, 0.3) is 0 Å². The Hall–Kier alpha value is -2.18. The van der Waals surface area contributed by atoms with Gasteiger partial charge in [-0.25, -0.2) is 14.8 Å². The summed E-state index contributed by atoms with van der Waals surface area (Å²) in [5.41, 5.74) is -0.0658. The minimum Gasteiger partial charge on any atom is -0.476 e. The fraction of sp³-hybridized carbons (Fsp3) is 0.500. The zero-order valence-corrected chi connectivity index (χ0v) is 10.7. The van der Waals surface area contributed by atoms with Crippen molar-refractivity contribution in [2.45, 2.75) is 13.3 Å². The summed E-state index contributed by atoms with van der Waals surface area (Å²) in [5, 5.41) is 8.77. The van der Waals surface area contributed by atoms with E-state index in [0.717, 1.165) is 19.5 Å². The number of carboxylic acids is 1. The van der Waals surface area contributed by atoms with Crippen LogP contribution in [0.4, 0.5) is 5.82 Å². The number of hydrogen-bond donors (Lipinski definition) is 1. The Kier molecular flexibility index (Phi) is 3.94. The van der Waals surface area contributed by atoms with E-state index in [0.29, 0.717) is 18.9 Å². The normalized spacial score (nSPS) is 16.1. The number of carboxylic acid groups (broad SMARTS) is 1. The molecule has 0 bridgehead atoms. The van der Waals surface area contributed by atoms with Crippen LogP contribution in [0.2, 0.25) is 0 Å². The van der Waals surface area contributed by atoms with Crippen molar-refractivity contribution in [3.05, 3.63) is 18.1 Å². The fourth-order valence-electron chi connectivity index (χ4n) is 2.06. The van der Waals surface area contributed by atoms with Gasteiger partial charge in [0.1, 0.15) is 5.82 Å². The zero-order valence-electron chi connectivity index (χ0n) is 10.7. The van der Waals surface area contributed by atoms with Crippen molar-refractivity contribution < 1.29 is 14.7 Å². The molecule has 1 aromatic heterocycles. The average molecular weight is 264 g/mol. The molecule has 1 aliphatic rings. The SMILES string of the molecule is CC(=O)N1CCCN(c2cnc(C(=O)O)cn2)CC1. The highest BCUT2D eigenvalue weighted by atomic mass is 16.4. The van der Waals surface area contributed by atoms with Gasteiger partial charge in [0, 0.05) is 33.1 Å². The minimum absolute atomic E-state index is 0.0658. The van der Waals surface area contributed by atoms with Crippen LogP contribution in [0, 0.1) is 0 Å². The van der Waals surface area contributed by atoms with Gasteiger partial charge in [0.15, 0.2) is 5.69 Å². The second-order valence-corrected chi connectivity index (χ2v) is 4.41. The first-order valence-electron chi connectivity index (χ1n) is 6.13. The summed E-state index contributed by atoms with van der Waals surface area (Å²) in [4.78, 5) is 33.8. The average Bonchev–Trinajstić information content (AvgIpc) is 2.64. The Labute approximate surface area is 110 Å². The van der Waals surface area contributed by atoms with E-state index in [4.69, 9.17) is 5.11 Å². The van der Waals surface area contributed by atoms with Crippen LogP contribution in [-0.2, 0) is 4.79 Å². The number of nitrogens with zero attached hydrogens (tertiary/aromatic N) is 4. The van der Waals surface area contributed by atoms with E-state index in [-0.39, 0.29) is 11.6 Å². The van der Waals surface area contributed by atoms with Crippen molar-refractivity contribution in [3.8, 4) is 0 Å². The third-order valence-electron chi connectivity index (χ3n) is 3.12. The number of carbonyl (C=O) groups is 2. The maximum Gasteiger partial charge on any atom is 0.356 e. The van der Waals surface area contributed by atoms with Crippen molar-refractivity contribution in [1.82, 2.24) is 14.9 Å². The highest BCUT2D eigenvalue weighted by Gasteiger charge is 2.18. The van der Waals surface area contributed by atoms with E-state index in [1.807, 2.05) is 4.90 Å². The van der Waals surface area contributed by atoms with Gasteiger partial charge in [-0.15, -0.1) is 0 Å². The molecule has 1 aromatic rings. The monoisotopic (exact) mass is 264 g/mol. The van der Waals surface area contributed by atoms with E-state index in [1.54, 1.807) is 11.8 Å². The van der Waals surface area contributed by atoms with Crippen molar-refractivity contribution in [2.75, 3.05) is 31.1 Å². The van der Waals surface area contributed by atoms with Crippen LogP contribution in [0.3, 0.4) is 0 Å². The van der Waals surface area contributed by atoms with Crippen LogP contribution in [0.1, 0.15) is 23.8 Å². The highest BCUT2D eigenvalue weighted by Crippen LogP contribution is 2.12. The van der Waals surface area contributed by atoms with E-state index in [9.17, 15) is 9.59 Å². The number of carbonyl (C=O) groups excluding carboxylic acids is 1. The summed E-state index contributed by atoms with van der Waals surface area (Å²) in [7, 11) is 0. The zero-order chi connectivity index (χ0) is 13.8. The molecule has 1 saturated heterocycles. The molecule has 0 aromatic carbocycles. The van der Waals surface area contributed by atoms with Crippen molar-refractivity contribution in [2.24, 2.45) is 0 Å². The molecule has 0 atom stereocenters. The molecule has 2 heterocycles. The summed E-state index contributed by atoms with van der Waals surface area (Å²) >= 11 is 0. The molecular weight excluding hydrogens is 248 g/mol. The van der Waals surface area contributed by atoms with Gasteiger partial charge in [0.25, 0.3) is 0 Å². The lowest BCUT2D eigenvalue weighted by atomic mass is 10.4. The Balaban J connectivity index is 2.05. The van der Waals surface area contributed by atoms with Crippen LogP contribution < -0.4 is 4.90 Å². The van der Waals surface area contributed by atoms with Gasteiger partial charge < -0.3 is 14.9 Å². The summed E-state index contributed by atoms with van der Waals surface area (Å²) in [6.45, 7) is 4.42. The van der Waals surface area contributed by atoms with Crippen molar-refractivity contribution in [3.63, 3.8) is 0 Å². The number of anilines is 1. The van der Waals surface area contributed by atoms with Gasteiger partial charge in [-0.3, -0.25) is 4.79 Å². The predicted molar refractivity (Wildman–Crippen MR) is 68.1 cm³/mol. The first-order valence-corrected chi connectivity index (χ1v) is 6.13. The molecule has 1 aliphatic heterocycles. The molecule has 0 aliphatic carbocycles. The summed E-state index contributed by atoms with van der Waals surface area (Å²) in [5.74, 6) is -0.359. The fourth-order valence-corrected chi connectivity index (χ4v) is 2.06. The number of hydrogen-bond acceptors (Lipinski definition) is 5. The van der Waals surface area contributed by atoms with Crippen LogP contribution in [0.5, 0.6) is 0 Å². The lowest BCUT2D eigenvalue weighted by Gasteiger charge is -2.21. The molecule has 0 unspecified atom stereocenters. The molecule has 0 radical (unpaired) electrons. The molecule has 7 heteroatoms. The van der Waals surface area contributed by atoms with E-state index in [2.05, 4.69) is 9.97 Å².